The van der Waals surface area contributed by atoms with Crippen LogP contribution in [0.2, 0.25) is 0 Å². The molecule has 0 amide bonds. The zero-order valence-corrected chi connectivity index (χ0v) is 15.9. The Balaban J connectivity index is 1.44. The number of ether oxygens (including phenoxy) is 1. The first kappa shape index (κ1) is 19.6. The third-order valence-electron chi connectivity index (χ3n) is 4.47. The summed E-state index contributed by atoms with van der Waals surface area (Å²) in [5.41, 5.74) is 0.824. The van der Waals surface area contributed by atoms with Crippen molar-refractivity contribution in [3.63, 3.8) is 0 Å². The predicted octanol–water partition coefficient (Wildman–Crippen LogP) is 3.69. The Labute approximate surface area is 170 Å². The van der Waals surface area contributed by atoms with Crippen molar-refractivity contribution in [2.75, 3.05) is 31.2 Å². The minimum absolute atomic E-state index is 0.0545. The number of rotatable bonds is 6. The molecule has 3 heterocycles. The number of aromatic nitrogens is 2. The van der Waals surface area contributed by atoms with Gasteiger partial charge in [0, 0.05) is 18.7 Å². The highest BCUT2D eigenvalue weighted by Crippen LogP contribution is 2.24. The van der Waals surface area contributed by atoms with Crippen molar-refractivity contribution in [2.45, 2.75) is 6.54 Å². The number of hydrogen-bond donors (Lipinski definition) is 1. The van der Waals surface area contributed by atoms with Crippen molar-refractivity contribution >= 4 is 17.7 Å². The summed E-state index contributed by atoms with van der Waals surface area (Å²) in [7, 11) is 0. The SMILES string of the molecule is O=C(O)c1cccc(-c2ccc(CN=Nc3ncc(F)c(N4CCOCC4)n3)o2)c1. The van der Waals surface area contributed by atoms with Gasteiger partial charge < -0.3 is 19.2 Å². The number of carboxylic acids is 1. The van der Waals surface area contributed by atoms with E-state index in [1.54, 1.807) is 29.2 Å². The van der Waals surface area contributed by atoms with E-state index in [4.69, 9.17) is 14.3 Å². The molecule has 154 valence electrons. The van der Waals surface area contributed by atoms with E-state index in [1.165, 1.54) is 12.1 Å². The number of furan rings is 1. The van der Waals surface area contributed by atoms with E-state index in [0.717, 1.165) is 6.20 Å². The topological polar surface area (TPSA) is 113 Å². The molecule has 1 aliphatic rings. The molecule has 2 aromatic heterocycles. The number of hydrogen-bond acceptors (Lipinski definition) is 8. The van der Waals surface area contributed by atoms with Crippen LogP contribution < -0.4 is 4.90 Å². The number of azo groups is 1. The minimum atomic E-state index is -1.01. The van der Waals surface area contributed by atoms with Gasteiger partial charge in [-0.3, -0.25) is 0 Å². The van der Waals surface area contributed by atoms with Crippen molar-refractivity contribution in [3.8, 4) is 11.3 Å². The fourth-order valence-corrected chi connectivity index (χ4v) is 2.99. The van der Waals surface area contributed by atoms with Crippen LogP contribution in [0.3, 0.4) is 0 Å². The first-order chi connectivity index (χ1) is 14.6. The highest BCUT2D eigenvalue weighted by Gasteiger charge is 2.17. The number of benzene rings is 1. The summed E-state index contributed by atoms with van der Waals surface area (Å²) in [6.07, 6.45) is 1.08. The average Bonchev–Trinajstić information content (AvgIpc) is 3.24. The van der Waals surface area contributed by atoms with Crippen LogP contribution in [0.4, 0.5) is 16.2 Å². The van der Waals surface area contributed by atoms with E-state index in [9.17, 15) is 9.18 Å². The van der Waals surface area contributed by atoms with Crippen molar-refractivity contribution in [3.05, 3.63) is 59.7 Å². The molecule has 0 aliphatic carbocycles. The predicted molar refractivity (Wildman–Crippen MR) is 104 cm³/mol. The summed E-state index contributed by atoms with van der Waals surface area (Å²) in [4.78, 5) is 20.9. The second-order valence-corrected chi connectivity index (χ2v) is 6.49. The number of halogens is 1. The molecule has 1 aliphatic heterocycles. The van der Waals surface area contributed by atoms with Gasteiger partial charge >= 0.3 is 5.97 Å². The fraction of sp³-hybridized carbons (Fsp3) is 0.250. The van der Waals surface area contributed by atoms with Gasteiger partial charge in [-0.2, -0.15) is 10.1 Å². The molecular formula is C20H18FN5O4. The maximum absolute atomic E-state index is 14.1. The lowest BCUT2D eigenvalue weighted by molar-refractivity contribution is 0.0697. The molecule has 0 saturated carbocycles. The van der Waals surface area contributed by atoms with Crippen LogP contribution in [0.15, 0.2) is 57.2 Å². The maximum Gasteiger partial charge on any atom is 0.335 e. The summed E-state index contributed by atoms with van der Waals surface area (Å²) in [6, 6.07) is 9.92. The van der Waals surface area contributed by atoms with Crippen LogP contribution in [-0.4, -0.2) is 47.3 Å². The summed E-state index contributed by atoms with van der Waals surface area (Å²) in [6.45, 7) is 2.24. The molecule has 9 nitrogen and oxygen atoms in total. The van der Waals surface area contributed by atoms with Crippen LogP contribution in [0.25, 0.3) is 11.3 Å². The molecule has 3 aromatic rings. The number of carboxylic acid groups (broad SMARTS) is 1. The molecule has 0 unspecified atom stereocenters. The van der Waals surface area contributed by atoms with E-state index in [1.807, 2.05) is 0 Å². The molecule has 0 atom stereocenters. The zero-order chi connectivity index (χ0) is 20.9. The lowest BCUT2D eigenvalue weighted by Gasteiger charge is -2.27. The number of carbonyl (C=O) groups is 1. The van der Waals surface area contributed by atoms with E-state index in [-0.39, 0.29) is 23.9 Å². The smallest absolute Gasteiger partial charge is 0.335 e. The fourth-order valence-electron chi connectivity index (χ4n) is 2.99. The van der Waals surface area contributed by atoms with Gasteiger partial charge in [0.05, 0.1) is 25.0 Å². The minimum Gasteiger partial charge on any atom is -0.478 e. The molecule has 1 saturated heterocycles. The average molecular weight is 411 g/mol. The Bertz CT molecular complexity index is 1080. The van der Waals surface area contributed by atoms with Crippen LogP contribution in [-0.2, 0) is 11.3 Å². The Morgan fingerprint density at radius 1 is 1.23 bits per heavy atom. The molecule has 0 spiro atoms. The highest BCUT2D eigenvalue weighted by molar-refractivity contribution is 5.89. The third-order valence-corrected chi connectivity index (χ3v) is 4.47. The number of aromatic carboxylic acids is 1. The molecule has 4 rings (SSSR count). The third kappa shape index (κ3) is 4.49. The van der Waals surface area contributed by atoms with Gasteiger partial charge in [0.1, 0.15) is 18.1 Å². The van der Waals surface area contributed by atoms with Crippen molar-refractivity contribution in [1.82, 2.24) is 9.97 Å². The maximum atomic E-state index is 14.1. The Kier molecular flexibility index (Phi) is 5.75. The molecule has 10 heteroatoms. The highest BCUT2D eigenvalue weighted by atomic mass is 19.1. The van der Waals surface area contributed by atoms with Gasteiger partial charge in [-0.1, -0.05) is 12.1 Å². The number of anilines is 1. The zero-order valence-electron chi connectivity index (χ0n) is 15.9. The van der Waals surface area contributed by atoms with E-state index >= 15 is 0 Å². The second-order valence-electron chi connectivity index (χ2n) is 6.49. The Hall–Kier alpha value is -3.66. The van der Waals surface area contributed by atoms with Gasteiger partial charge in [0.15, 0.2) is 11.6 Å². The molecule has 0 bridgehead atoms. The van der Waals surface area contributed by atoms with Gasteiger partial charge in [0.25, 0.3) is 5.95 Å². The van der Waals surface area contributed by atoms with E-state index in [0.29, 0.717) is 43.4 Å². The lowest BCUT2D eigenvalue weighted by Crippen LogP contribution is -2.37. The second kappa shape index (κ2) is 8.78. The first-order valence-electron chi connectivity index (χ1n) is 9.25. The molecule has 1 N–H and O–H groups in total. The quantitative estimate of drug-likeness (QED) is 0.615. The van der Waals surface area contributed by atoms with Crippen molar-refractivity contribution < 1.29 is 23.4 Å². The van der Waals surface area contributed by atoms with Gasteiger partial charge in [-0.25, -0.2) is 14.2 Å². The van der Waals surface area contributed by atoms with Crippen molar-refractivity contribution in [1.29, 1.82) is 0 Å². The summed E-state index contributed by atoms with van der Waals surface area (Å²) >= 11 is 0. The van der Waals surface area contributed by atoms with Gasteiger partial charge in [0.2, 0.25) is 0 Å². The molecule has 0 radical (unpaired) electrons. The summed E-state index contributed by atoms with van der Waals surface area (Å²) < 4.78 is 25.0. The summed E-state index contributed by atoms with van der Waals surface area (Å²) in [5, 5.41) is 17.1. The Morgan fingerprint density at radius 2 is 2.07 bits per heavy atom. The summed E-state index contributed by atoms with van der Waals surface area (Å²) in [5.74, 6) is -0.233. The van der Waals surface area contributed by atoms with E-state index in [2.05, 4.69) is 20.2 Å². The van der Waals surface area contributed by atoms with Crippen LogP contribution in [0.1, 0.15) is 16.1 Å². The first-order valence-corrected chi connectivity index (χ1v) is 9.25. The normalized spacial score (nSPS) is 14.4. The number of morpholine rings is 1. The molecule has 1 aromatic carbocycles. The Morgan fingerprint density at radius 3 is 2.87 bits per heavy atom. The van der Waals surface area contributed by atoms with Crippen LogP contribution >= 0.6 is 0 Å². The largest absolute Gasteiger partial charge is 0.478 e. The molecule has 30 heavy (non-hydrogen) atoms. The standard InChI is InChI=1S/C20H18FN5O4/c21-16-12-22-20(24-18(16)26-6-8-29-9-7-26)25-23-11-15-4-5-17(30-15)13-2-1-3-14(10-13)19(27)28/h1-5,10,12H,6-9,11H2,(H,27,28). The van der Waals surface area contributed by atoms with E-state index < -0.39 is 11.8 Å². The number of nitrogens with zero attached hydrogens (tertiary/aromatic N) is 5. The van der Waals surface area contributed by atoms with Gasteiger partial charge in [-0.15, -0.1) is 5.11 Å². The van der Waals surface area contributed by atoms with Crippen LogP contribution in [0.5, 0.6) is 0 Å². The molecule has 1 fully saturated rings. The lowest BCUT2D eigenvalue weighted by atomic mass is 10.1. The van der Waals surface area contributed by atoms with Crippen LogP contribution in [0, 0.1) is 5.82 Å². The van der Waals surface area contributed by atoms with Crippen molar-refractivity contribution in [2.24, 2.45) is 10.2 Å². The van der Waals surface area contributed by atoms with Gasteiger partial charge in [-0.05, 0) is 24.3 Å². The molecular weight excluding hydrogens is 393 g/mol. The monoisotopic (exact) mass is 411 g/mol.